The van der Waals surface area contributed by atoms with Crippen molar-refractivity contribution in [3.63, 3.8) is 0 Å². The lowest BCUT2D eigenvalue weighted by Gasteiger charge is -2.05. The topological polar surface area (TPSA) is 69.6 Å². The minimum absolute atomic E-state index is 0.489. The Morgan fingerprint density at radius 3 is 2.85 bits per heavy atom. The molecule has 0 aliphatic carbocycles. The maximum Gasteiger partial charge on any atom is 0.163 e. The molecule has 6 heteroatoms. The molecule has 0 saturated carbocycles. The molecule has 20 heavy (non-hydrogen) atoms. The summed E-state index contributed by atoms with van der Waals surface area (Å²) in [6, 6.07) is 8.28. The molecule has 2 heterocycles. The maximum atomic E-state index is 5.96. The van der Waals surface area contributed by atoms with E-state index in [9.17, 15) is 0 Å². The van der Waals surface area contributed by atoms with Crippen molar-refractivity contribution in [2.75, 3.05) is 5.73 Å². The minimum Gasteiger partial charge on any atom is -0.383 e. The van der Waals surface area contributed by atoms with E-state index < -0.39 is 0 Å². The highest BCUT2D eigenvalue weighted by molar-refractivity contribution is 7.98. The van der Waals surface area contributed by atoms with E-state index in [1.54, 1.807) is 22.6 Å². The Hall–Kier alpha value is -2.08. The van der Waals surface area contributed by atoms with Gasteiger partial charge in [0, 0.05) is 11.9 Å². The van der Waals surface area contributed by atoms with Crippen LogP contribution in [0.1, 0.15) is 11.4 Å². The van der Waals surface area contributed by atoms with E-state index in [1.165, 1.54) is 10.5 Å². The molecule has 2 N–H and O–H groups in total. The Morgan fingerprint density at radius 2 is 2.05 bits per heavy atom. The summed E-state index contributed by atoms with van der Waals surface area (Å²) < 4.78 is 1.72. The normalized spacial score (nSPS) is 11.1. The molecule has 3 aromatic rings. The predicted molar refractivity (Wildman–Crippen MR) is 81.5 cm³/mol. The van der Waals surface area contributed by atoms with E-state index >= 15 is 0 Å². The summed E-state index contributed by atoms with van der Waals surface area (Å²) in [7, 11) is 1.85. The number of thioether (sulfide) groups is 1. The van der Waals surface area contributed by atoms with Crippen molar-refractivity contribution in [1.82, 2.24) is 19.7 Å². The molecular formula is C14H15N5S. The van der Waals surface area contributed by atoms with Crippen molar-refractivity contribution in [3.8, 4) is 0 Å². The molecule has 0 spiro atoms. The average Bonchev–Trinajstić information content (AvgIpc) is 2.80. The number of aryl methyl sites for hydroxylation is 2. The third kappa shape index (κ3) is 2.34. The van der Waals surface area contributed by atoms with E-state index in [1.807, 2.05) is 19.2 Å². The van der Waals surface area contributed by atoms with Gasteiger partial charge in [0.15, 0.2) is 5.65 Å². The summed E-state index contributed by atoms with van der Waals surface area (Å²) in [6.07, 6.45) is 1.70. The monoisotopic (exact) mass is 285 g/mol. The van der Waals surface area contributed by atoms with Gasteiger partial charge in [0.05, 0.1) is 17.3 Å². The standard InChI is InChI=1S/C14H15N5S/c1-9-5-3-4-6-11(9)20-8-12-17-13(15)10-7-16-19(2)14(10)18-12/h3-7H,8H2,1-2H3,(H2,15,17,18). The van der Waals surface area contributed by atoms with Gasteiger partial charge in [0.2, 0.25) is 0 Å². The summed E-state index contributed by atoms with van der Waals surface area (Å²) in [6.45, 7) is 2.10. The molecule has 5 nitrogen and oxygen atoms in total. The van der Waals surface area contributed by atoms with Gasteiger partial charge in [-0.3, -0.25) is 4.68 Å². The Kier molecular flexibility index (Phi) is 3.31. The number of fused-ring (bicyclic) bond motifs is 1. The lowest BCUT2D eigenvalue weighted by Crippen LogP contribution is -2.01. The van der Waals surface area contributed by atoms with Gasteiger partial charge in [-0.2, -0.15) is 5.10 Å². The number of anilines is 1. The van der Waals surface area contributed by atoms with Crippen LogP contribution in [0, 0.1) is 6.92 Å². The maximum absolute atomic E-state index is 5.96. The molecule has 0 amide bonds. The number of nitrogens with zero attached hydrogens (tertiary/aromatic N) is 4. The Bertz CT molecular complexity index is 765. The lowest BCUT2D eigenvalue weighted by molar-refractivity contribution is 0.782. The van der Waals surface area contributed by atoms with Crippen LogP contribution in [-0.2, 0) is 12.8 Å². The van der Waals surface area contributed by atoms with Gasteiger partial charge in [-0.1, -0.05) is 18.2 Å². The molecule has 3 rings (SSSR count). The summed E-state index contributed by atoms with van der Waals surface area (Å²) >= 11 is 1.72. The highest BCUT2D eigenvalue weighted by Gasteiger charge is 2.09. The van der Waals surface area contributed by atoms with Crippen LogP contribution in [0.4, 0.5) is 5.82 Å². The van der Waals surface area contributed by atoms with Crippen LogP contribution in [0.5, 0.6) is 0 Å². The first kappa shape index (κ1) is 12.9. The Labute approximate surface area is 121 Å². The van der Waals surface area contributed by atoms with Crippen molar-refractivity contribution in [2.24, 2.45) is 7.05 Å². The van der Waals surface area contributed by atoms with Crippen LogP contribution >= 0.6 is 11.8 Å². The first-order valence-electron chi connectivity index (χ1n) is 6.27. The Balaban J connectivity index is 1.88. The van der Waals surface area contributed by atoms with Crippen molar-refractivity contribution in [1.29, 1.82) is 0 Å². The van der Waals surface area contributed by atoms with E-state index in [4.69, 9.17) is 5.73 Å². The fourth-order valence-electron chi connectivity index (χ4n) is 2.02. The summed E-state index contributed by atoms with van der Waals surface area (Å²) in [5.74, 6) is 1.91. The molecule has 0 atom stereocenters. The zero-order chi connectivity index (χ0) is 14.1. The summed E-state index contributed by atoms with van der Waals surface area (Å²) in [5.41, 5.74) is 7.99. The second-order valence-corrected chi connectivity index (χ2v) is 5.60. The molecule has 0 unspecified atom stereocenters. The zero-order valence-corrected chi connectivity index (χ0v) is 12.2. The Morgan fingerprint density at radius 1 is 1.25 bits per heavy atom. The SMILES string of the molecule is Cc1ccccc1SCc1nc(N)c2cnn(C)c2n1. The molecule has 0 aliphatic rings. The molecular weight excluding hydrogens is 270 g/mol. The third-order valence-corrected chi connectivity index (χ3v) is 4.29. The molecule has 0 radical (unpaired) electrons. The van der Waals surface area contributed by atoms with Crippen molar-refractivity contribution < 1.29 is 0 Å². The van der Waals surface area contributed by atoms with Crippen LogP contribution < -0.4 is 5.73 Å². The fourth-order valence-corrected chi connectivity index (χ4v) is 2.90. The average molecular weight is 285 g/mol. The van der Waals surface area contributed by atoms with Crippen LogP contribution in [0.25, 0.3) is 11.0 Å². The highest BCUT2D eigenvalue weighted by Crippen LogP contribution is 2.26. The summed E-state index contributed by atoms with van der Waals surface area (Å²) in [5, 5.41) is 4.96. The van der Waals surface area contributed by atoms with E-state index in [0.29, 0.717) is 11.6 Å². The number of nitrogen functional groups attached to an aromatic ring is 1. The van der Waals surface area contributed by atoms with Crippen LogP contribution in [0.2, 0.25) is 0 Å². The number of benzene rings is 1. The number of rotatable bonds is 3. The molecule has 0 fully saturated rings. The lowest BCUT2D eigenvalue weighted by atomic mass is 10.2. The number of aromatic nitrogens is 4. The molecule has 2 aromatic heterocycles. The van der Waals surface area contributed by atoms with Crippen molar-refractivity contribution >= 4 is 28.6 Å². The molecule has 0 saturated heterocycles. The van der Waals surface area contributed by atoms with Gasteiger partial charge in [-0.25, -0.2) is 9.97 Å². The van der Waals surface area contributed by atoms with Crippen LogP contribution in [0.15, 0.2) is 35.4 Å². The molecule has 102 valence electrons. The highest BCUT2D eigenvalue weighted by atomic mass is 32.2. The van der Waals surface area contributed by atoms with Crippen molar-refractivity contribution in [3.05, 3.63) is 41.9 Å². The number of nitrogens with two attached hydrogens (primary N) is 1. The van der Waals surface area contributed by atoms with Gasteiger partial charge in [-0.15, -0.1) is 11.8 Å². The van der Waals surface area contributed by atoms with Crippen molar-refractivity contribution in [2.45, 2.75) is 17.6 Å². The van der Waals surface area contributed by atoms with E-state index in [0.717, 1.165) is 16.9 Å². The van der Waals surface area contributed by atoms with Crippen LogP contribution in [0.3, 0.4) is 0 Å². The van der Waals surface area contributed by atoms with Gasteiger partial charge in [0.1, 0.15) is 11.6 Å². The van der Waals surface area contributed by atoms with Gasteiger partial charge >= 0.3 is 0 Å². The van der Waals surface area contributed by atoms with Gasteiger partial charge < -0.3 is 5.73 Å². The van der Waals surface area contributed by atoms with Gasteiger partial charge in [-0.05, 0) is 18.6 Å². The van der Waals surface area contributed by atoms with E-state index in [2.05, 4.69) is 34.1 Å². The predicted octanol–water partition coefficient (Wildman–Crippen LogP) is 2.55. The zero-order valence-electron chi connectivity index (χ0n) is 11.4. The largest absolute Gasteiger partial charge is 0.383 e. The smallest absolute Gasteiger partial charge is 0.163 e. The fraction of sp³-hybridized carbons (Fsp3) is 0.214. The number of hydrogen-bond acceptors (Lipinski definition) is 5. The number of hydrogen-bond donors (Lipinski definition) is 1. The third-order valence-electron chi connectivity index (χ3n) is 3.12. The second kappa shape index (κ2) is 5.13. The van der Waals surface area contributed by atoms with Gasteiger partial charge in [0.25, 0.3) is 0 Å². The van der Waals surface area contributed by atoms with Crippen LogP contribution in [-0.4, -0.2) is 19.7 Å². The molecule has 0 aliphatic heterocycles. The quantitative estimate of drug-likeness (QED) is 0.749. The first-order chi connectivity index (χ1) is 9.65. The summed E-state index contributed by atoms with van der Waals surface area (Å²) in [4.78, 5) is 10.1. The minimum atomic E-state index is 0.489. The molecule has 0 bridgehead atoms. The second-order valence-electron chi connectivity index (χ2n) is 4.58. The first-order valence-corrected chi connectivity index (χ1v) is 7.26. The van der Waals surface area contributed by atoms with E-state index in [-0.39, 0.29) is 0 Å². The molecule has 1 aromatic carbocycles.